The molecule has 1 aromatic rings. The molecule has 0 amide bonds. The molecule has 2 nitrogen and oxygen atoms in total. The zero-order chi connectivity index (χ0) is 13.9. The highest BCUT2D eigenvalue weighted by molar-refractivity contribution is 9.10. The third-order valence-electron chi connectivity index (χ3n) is 3.86. The first-order valence-corrected chi connectivity index (χ1v) is 7.70. The SMILES string of the molecule is CCCN1CCC(O)(Cc2ccc(F)cc2Br)CC1. The molecule has 19 heavy (non-hydrogen) atoms. The fourth-order valence-corrected chi connectivity index (χ4v) is 3.20. The highest BCUT2D eigenvalue weighted by atomic mass is 79.9. The van der Waals surface area contributed by atoms with Gasteiger partial charge in [0, 0.05) is 24.0 Å². The van der Waals surface area contributed by atoms with Crippen LogP contribution >= 0.6 is 15.9 Å². The molecule has 0 unspecified atom stereocenters. The van der Waals surface area contributed by atoms with Crippen molar-refractivity contribution in [3.8, 4) is 0 Å². The fourth-order valence-electron chi connectivity index (χ4n) is 2.71. The third-order valence-corrected chi connectivity index (χ3v) is 4.60. The quantitative estimate of drug-likeness (QED) is 0.915. The van der Waals surface area contributed by atoms with E-state index in [-0.39, 0.29) is 5.82 Å². The second-order valence-electron chi connectivity index (χ2n) is 5.48. The van der Waals surface area contributed by atoms with Crippen molar-refractivity contribution < 1.29 is 9.50 Å². The molecule has 0 aliphatic carbocycles. The minimum absolute atomic E-state index is 0.250. The summed E-state index contributed by atoms with van der Waals surface area (Å²) in [4.78, 5) is 2.40. The highest BCUT2D eigenvalue weighted by Gasteiger charge is 2.32. The molecule has 2 rings (SSSR count). The minimum Gasteiger partial charge on any atom is -0.389 e. The molecule has 106 valence electrons. The molecule has 0 radical (unpaired) electrons. The lowest BCUT2D eigenvalue weighted by Gasteiger charge is -2.38. The number of piperidine rings is 1. The molecular formula is C15H21BrFNO. The van der Waals surface area contributed by atoms with Crippen LogP contribution in [0.15, 0.2) is 22.7 Å². The summed E-state index contributed by atoms with van der Waals surface area (Å²) in [6.07, 6.45) is 3.32. The fraction of sp³-hybridized carbons (Fsp3) is 0.600. The van der Waals surface area contributed by atoms with E-state index in [1.54, 1.807) is 6.07 Å². The van der Waals surface area contributed by atoms with Crippen molar-refractivity contribution >= 4 is 15.9 Å². The Morgan fingerprint density at radius 3 is 2.63 bits per heavy atom. The zero-order valence-corrected chi connectivity index (χ0v) is 12.9. The van der Waals surface area contributed by atoms with Gasteiger partial charge in [0.2, 0.25) is 0 Å². The number of benzene rings is 1. The Labute approximate surface area is 122 Å². The van der Waals surface area contributed by atoms with Gasteiger partial charge in [-0.15, -0.1) is 0 Å². The summed E-state index contributed by atoms with van der Waals surface area (Å²) >= 11 is 3.37. The second kappa shape index (κ2) is 6.33. The Hall–Kier alpha value is -0.450. The summed E-state index contributed by atoms with van der Waals surface area (Å²) < 4.78 is 13.8. The van der Waals surface area contributed by atoms with Crippen molar-refractivity contribution in [3.63, 3.8) is 0 Å². The Balaban J connectivity index is 1.99. The molecule has 1 saturated heterocycles. The number of rotatable bonds is 4. The van der Waals surface area contributed by atoms with Gasteiger partial charge in [0.05, 0.1) is 5.60 Å². The van der Waals surface area contributed by atoms with Gasteiger partial charge in [-0.2, -0.15) is 0 Å². The minimum atomic E-state index is -0.648. The molecule has 0 bridgehead atoms. The number of likely N-dealkylation sites (tertiary alicyclic amines) is 1. The van der Waals surface area contributed by atoms with Crippen molar-refractivity contribution in [3.05, 3.63) is 34.1 Å². The van der Waals surface area contributed by atoms with Crippen molar-refractivity contribution in [2.75, 3.05) is 19.6 Å². The smallest absolute Gasteiger partial charge is 0.124 e. The molecule has 1 aliphatic heterocycles. The highest BCUT2D eigenvalue weighted by Crippen LogP contribution is 2.29. The van der Waals surface area contributed by atoms with Crippen molar-refractivity contribution in [1.82, 2.24) is 4.90 Å². The van der Waals surface area contributed by atoms with Crippen LogP contribution in [0.5, 0.6) is 0 Å². The number of hydrogen-bond acceptors (Lipinski definition) is 2. The lowest BCUT2D eigenvalue weighted by molar-refractivity contribution is -0.0206. The predicted molar refractivity (Wildman–Crippen MR) is 78.7 cm³/mol. The molecule has 0 aromatic heterocycles. The van der Waals surface area contributed by atoms with Crippen LogP contribution in [0.1, 0.15) is 31.7 Å². The molecule has 0 spiro atoms. The first-order valence-electron chi connectivity index (χ1n) is 6.91. The summed E-state index contributed by atoms with van der Waals surface area (Å²) in [5.74, 6) is -0.250. The number of halogens is 2. The Kier molecular flexibility index (Phi) is 4.98. The van der Waals surface area contributed by atoms with E-state index in [4.69, 9.17) is 0 Å². The maximum Gasteiger partial charge on any atom is 0.124 e. The van der Waals surface area contributed by atoms with E-state index in [9.17, 15) is 9.50 Å². The van der Waals surface area contributed by atoms with Gasteiger partial charge in [-0.25, -0.2) is 4.39 Å². The normalized spacial score (nSPS) is 19.6. The number of hydrogen-bond donors (Lipinski definition) is 1. The number of aliphatic hydroxyl groups is 1. The van der Waals surface area contributed by atoms with Crippen LogP contribution in [0.25, 0.3) is 0 Å². The maximum absolute atomic E-state index is 13.1. The topological polar surface area (TPSA) is 23.5 Å². The Bertz CT molecular complexity index is 430. The van der Waals surface area contributed by atoms with E-state index in [0.29, 0.717) is 6.42 Å². The lowest BCUT2D eigenvalue weighted by atomic mass is 9.85. The summed E-state index contributed by atoms with van der Waals surface area (Å²) in [6, 6.07) is 4.68. The van der Waals surface area contributed by atoms with Crippen LogP contribution in [0.4, 0.5) is 4.39 Å². The van der Waals surface area contributed by atoms with Crippen LogP contribution in [-0.4, -0.2) is 35.2 Å². The third kappa shape index (κ3) is 4.01. The van der Waals surface area contributed by atoms with E-state index in [1.807, 2.05) is 0 Å². The van der Waals surface area contributed by atoms with E-state index >= 15 is 0 Å². The first kappa shape index (κ1) is 14.9. The van der Waals surface area contributed by atoms with Crippen molar-refractivity contribution in [2.45, 2.75) is 38.2 Å². The largest absolute Gasteiger partial charge is 0.389 e. The lowest BCUT2D eigenvalue weighted by Crippen LogP contribution is -2.45. The summed E-state index contributed by atoms with van der Waals surface area (Å²) in [5, 5.41) is 10.7. The van der Waals surface area contributed by atoms with Crippen LogP contribution in [0.3, 0.4) is 0 Å². The van der Waals surface area contributed by atoms with Gasteiger partial charge in [0.1, 0.15) is 5.82 Å². The molecule has 1 aliphatic rings. The molecule has 1 fully saturated rings. The second-order valence-corrected chi connectivity index (χ2v) is 6.33. The van der Waals surface area contributed by atoms with Gasteiger partial charge >= 0.3 is 0 Å². The molecule has 0 atom stereocenters. The standard InChI is InChI=1S/C15H21BrFNO/c1-2-7-18-8-5-15(19,6-9-18)11-12-3-4-13(17)10-14(12)16/h3-4,10,19H,2,5-9,11H2,1H3. The van der Waals surface area contributed by atoms with Crippen LogP contribution < -0.4 is 0 Å². The molecule has 1 N–H and O–H groups in total. The van der Waals surface area contributed by atoms with Gasteiger partial charge in [0.15, 0.2) is 0 Å². The van der Waals surface area contributed by atoms with Crippen molar-refractivity contribution in [1.29, 1.82) is 0 Å². The van der Waals surface area contributed by atoms with Gasteiger partial charge in [-0.3, -0.25) is 0 Å². The average molecular weight is 330 g/mol. The predicted octanol–water partition coefficient (Wildman–Crippen LogP) is 3.37. The number of nitrogens with zero attached hydrogens (tertiary/aromatic N) is 1. The molecule has 4 heteroatoms. The first-order chi connectivity index (χ1) is 9.02. The summed E-state index contributed by atoms with van der Waals surface area (Å²) in [6.45, 7) is 5.18. The van der Waals surface area contributed by atoms with Crippen LogP contribution in [0.2, 0.25) is 0 Å². The molecule has 1 heterocycles. The van der Waals surface area contributed by atoms with E-state index < -0.39 is 5.60 Å². The molecule has 0 saturated carbocycles. The maximum atomic E-state index is 13.1. The van der Waals surface area contributed by atoms with Crippen molar-refractivity contribution in [2.24, 2.45) is 0 Å². The molecular weight excluding hydrogens is 309 g/mol. The Morgan fingerprint density at radius 1 is 1.37 bits per heavy atom. The zero-order valence-electron chi connectivity index (χ0n) is 11.3. The van der Waals surface area contributed by atoms with E-state index in [2.05, 4.69) is 27.8 Å². The summed E-state index contributed by atoms with van der Waals surface area (Å²) in [7, 11) is 0. The van der Waals surface area contributed by atoms with E-state index in [1.165, 1.54) is 12.1 Å². The summed E-state index contributed by atoms with van der Waals surface area (Å²) in [5.41, 5.74) is 0.331. The average Bonchev–Trinajstić information content (AvgIpc) is 2.36. The molecule has 1 aromatic carbocycles. The van der Waals surface area contributed by atoms with Gasteiger partial charge in [0.25, 0.3) is 0 Å². The van der Waals surface area contributed by atoms with Crippen LogP contribution in [-0.2, 0) is 6.42 Å². The van der Waals surface area contributed by atoms with Gasteiger partial charge < -0.3 is 10.0 Å². The Morgan fingerprint density at radius 2 is 2.05 bits per heavy atom. The van der Waals surface area contributed by atoms with Gasteiger partial charge in [-0.05, 0) is 43.5 Å². The van der Waals surface area contributed by atoms with Gasteiger partial charge in [-0.1, -0.05) is 28.9 Å². The van der Waals surface area contributed by atoms with Crippen LogP contribution in [0, 0.1) is 5.82 Å². The monoisotopic (exact) mass is 329 g/mol. The van der Waals surface area contributed by atoms with E-state index in [0.717, 1.165) is 48.9 Å².